The average Bonchev–Trinajstić information content (AvgIpc) is 2.73. The summed E-state index contributed by atoms with van der Waals surface area (Å²) < 4.78 is 1.58. The molecule has 6 heteroatoms. The molecule has 84 valence electrons. The quantitative estimate of drug-likeness (QED) is 0.669. The maximum Gasteiger partial charge on any atom is 0.184 e. The van der Waals surface area contributed by atoms with E-state index in [1.807, 2.05) is 30.3 Å². The Bertz CT molecular complexity index is 673. The number of nitrogen functional groups attached to an aromatic ring is 1. The predicted octanol–water partition coefficient (Wildman–Crippen LogP) is 1.01. The summed E-state index contributed by atoms with van der Waals surface area (Å²) in [6.45, 7) is 0. The van der Waals surface area contributed by atoms with E-state index in [0.29, 0.717) is 22.8 Å². The number of hydrogen-bond acceptors (Lipinski definition) is 5. The van der Waals surface area contributed by atoms with Gasteiger partial charge in [-0.05, 0) is 0 Å². The van der Waals surface area contributed by atoms with Gasteiger partial charge < -0.3 is 5.73 Å². The molecule has 3 aromatic rings. The fourth-order valence-corrected chi connectivity index (χ4v) is 1.65. The second-order valence-electron chi connectivity index (χ2n) is 3.68. The first kappa shape index (κ1) is 9.71. The van der Waals surface area contributed by atoms with Gasteiger partial charge in [0.15, 0.2) is 22.8 Å². The monoisotopic (exact) mass is 226 g/mol. The molecule has 3 rings (SSSR count). The maximum absolute atomic E-state index is 5.84. The van der Waals surface area contributed by atoms with Crippen molar-refractivity contribution < 1.29 is 0 Å². The standard InChI is InChI=1S/C11H10N6/c1-17-11-8(15-16-17)9(12)13-10(14-11)7-5-3-2-4-6-7/h2-6H,1H3,(H2,12,13,14). The molecule has 0 spiro atoms. The highest BCUT2D eigenvalue weighted by Gasteiger charge is 2.11. The van der Waals surface area contributed by atoms with Crippen molar-refractivity contribution in [1.29, 1.82) is 0 Å². The summed E-state index contributed by atoms with van der Waals surface area (Å²) in [7, 11) is 1.77. The molecule has 0 radical (unpaired) electrons. The van der Waals surface area contributed by atoms with Gasteiger partial charge in [0.05, 0.1) is 0 Å². The van der Waals surface area contributed by atoms with Crippen LogP contribution in [0.15, 0.2) is 30.3 Å². The van der Waals surface area contributed by atoms with E-state index in [1.54, 1.807) is 11.7 Å². The Labute approximate surface area is 97.1 Å². The van der Waals surface area contributed by atoms with Crippen LogP contribution in [0.1, 0.15) is 0 Å². The first-order valence-electron chi connectivity index (χ1n) is 5.14. The Hall–Kier alpha value is -2.50. The summed E-state index contributed by atoms with van der Waals surface area (Å²) in [4.78, 5) is 8.65. The lowest BCUT2D eigenvalue weighted by Crippen LogP contribution is -1.99. The zero-order valence-corrected chi connectivity index (χ0v) is 9.20. The van der Waals surface area contributed by atoms with Crippen LogP contribution in [0.25, 0.3) is 22.6 Å². The largest absolute Gasteiger partial charge is 0.382 e. The maximum atomic E-state index is 5.84. The summed E-state index contributed by atoms with van der Waals surface area (Å²) >= 11 is 0. The summed E-state index contributed by atoms with van der Waals surface area (Å²) in [6, 6.07) is 9.67. The summed E-state index contributed by atoms with van der Waals surface area (Å²) in [5, 5.41) is 7.79. The van der Waals surface area contributed by atoms with E-state index in [4.69, 9.17) is 5.73 Å². The van der Waals surface area contributed by atoms with Crippen molar-refractivity contribution in [3.05, 3.63) is 30.3 Å². The van der Waals surface area contributed by atoms with Gasteiger partial charge in [-0.15, -0.1) is 5.10 Å². The average molecular weight is 226 g/mol. The SMILES string of the molecule is Cn1nnc2c(N)nc(-c3ccccc3)nc21. The fourth-order valence-electron chi connectivity index (χ4n) is 1.65. The molecule has 0 fully saturated rings. The van der Waals surface area contributed by atoms with Gasteiger partial charge in [0, 0.05) is 12.6 Å². The van der Waals surface area contributed by atoms with Gasteiger partial charge in [0.1, 0.15) is 0 Å². The van der Waals surface area contributed by atoms with Gasteiger partial charge in [-0.3, -0.25) is 0 Å². The van der Waals surface area contributed by atoms with Crippen molar-refractivity contribution in [2.75, 3.05) is 5.73 Å². The van der Waals surface area contributed by atoms with Gasteiger partial charge in [-0.1, -0.05) is 35.5 Å². The van der Waals surface area contributed by atoms with E-state index in [2.05, 4.69) is 20.3 Å². The normalized spacial score (nSPS) is 10.9. The Balaban J connectivity index is 2.28. The Morgan fingerprint density at radius 2 is 1.88 bits per heavy atom. The minimum absolute atomic E-state index is 0.349. The Kier molecular flexibility index (Phi) is 2.01. The molecule has 0 bridgehead atoms. The van der Waals surface area contributed by atoms with E-state index in [-0.39, 0.29) is 0 Å². The lowest BCUT2D eigenvalue weighted by molar-refractivity contribution is 0.730. The zero-order valence-electron chi connectivity index (χ0n) is 9.20. The highest BCUT2D eigenvalue weighted by molar-refractivity contribution is 5.82. The number of aryl methyl sites for hydroxylation is 1. The van der Waals surface area contributed by atoms with Crippen LogP contribution < -0.4 is 5.73 Å². The molecule has 0 saturated carbocycles. The molecule has 2 aromatic heterocycles. The molecule has 0 saturated heterocycles. The van der Waals surface area contributed by atoms with E-state index in [0.717, 1.165) is 5.56 Å². The molecule has 0 amide bonds. The van der Waals surface area contributed by atoms with Crippen LogP contribution >= 0.6 is 0 Å². The van der Waals surface area contributed by atoms with Crippen molar-refractivity contribution >= 4 is 17.0 Å². The minimum atomic E-state index is 0.349. The van der Waals surface area contributed by atoms with E-state index in [9.17, 15) is 0 Å². The molecule has 6 nitrogen and oxygen atoms in total. The molecule has 0 atom stereocenters. The van der Waals surface area contributed by atoms with Gasteiger partial charge in [-0.25, -0.2) is 14.6 Å². The third kappa shape index (κ3) is 1.50. The predicted molar refractivity (Wildman–Crippen MR) is 63.9 cm³/mol. The molecule has 2 N–H and O–H groups in total. The van der Waals surface area contributed by atoms with E-state index < -0.39 is 0 Å². The summed E-state index contributed by atoms with van der Waals surface area (Å²) in [5.41, 5.74) is 7.93. The summed E-state index contributed by atoms with van der Waals surface area (Å²) in [5.74, 6) is 0.933. The Morgan fingerprint density at radius 3 is 2.65 bits per heavy atom. The summed E-state index contributed by atoms with van der Waals surface area (Å²) in [6.07, 6.45) is 0. The minimum Gasteiger partial charge on any atom is -0.382 e. The number of aromatic nitrogens is 5. The first-order valence-corrected chi connectivity index (χ1v) is 5.14. The van der Waals surface area contributed by atoms with Gasteiger partial charge in [-0.2, -0.15) is 0 Å². The highest BCUT2D eigenvalue weighted by atomic mass is 15.4. The van der Waals surface area contributed by atoms with Gasteiger partial charge >= 0.3 is 0 Å². The number of hydrogen-bond donors (Lipinski definition) is 1. The third-order valence-electron chi connectivity index (χ3n) is 2.51. The van der Waals surface area contributed by atoms with Gasteiger partial charge in [0.25, 0.3) is 0 Å². The number of nitrogens with zero attached hydrogens (tertiary/aromatic N) is 5. The lowest BCUT2D eigenvalue weighted by atomic mass is 10.2. The second-order valence-corrected chi connectivity index (χ2v) is 3.68. The van der Waals surface area contributed by atoms with Crippen LogP contribution in [0.4, 0.5) is 5.82 Å². The zero-order chi connectivity index (χ0) is 11.8. The third-order valence-corrected chi connectivity index (χ3v) is 2.51. The lowest BCUT2D eigenvalue weighted by Gasteiger charge is -2.01. The highest BCUT2D eigenvalue weighted by Crippen LogP contribution is 2.20. The molecular weight excluding hydrogens is 216 g/mol. The molecule has 2 heterocycles. The van der Waals surface area contributed by atoms with Crippen LogP contribution in [-0.2, 0) is 7.05 Å². The van der Waals surface area contributed by atoms with Crippen LogP contribution in [0, 0.1) is 0 Å². The van der Waals surface area contributed by atoms with Crippen LogP contribution in [0.5, 0.6) is 0 Å². The number of nitrogens with two attached hydrogens (primary N) is 1. The molecule has 0 aliphatic carbocycles. The molecule has 0 unspecified atom stereocenters. The van der Waals surface area contributed by atoms with Crippen molar-refractivity contribution in [2.24, 2.45) is 7.05 Å². The molecule has 17 heavy (non-hydrogen) atoms. The van der Waals surface area contributed by atoms with Gasteiger partial charge in [0.2, 0.25) is 0 Å². The van der Waals surface area contributed by atoms with Crippen molar-refractivity contribution in [3.63, 3.8) is 0 Å². The fraction of sp³-hybridized carbons (Fsp3) is 0.0909. The van der Waals surface area contributed by atoms with Crippen LogP contribution in [-0.4, -0.2) is 25.0 Å². The number of benzene rings is 1. The van der Waals surface area contributed by atoms with E-state index >= 15 is 0 Å². The van der Waals surface area contributed by atoms with Crippen molar-refractivity contribution in [3.8, 4) is 11.4 Å². The smallest absolute Gasteiger partial charge is 0.184 e. The molecular formula is C11H10N6. The number of rotatable bonds is 1. The molecule has 0 aliphatic rings. The van der Waals surface area contributed by atoms with E-state index in [1.165, 1.54) is 0 Å². The first-order chi connectivity index (χ1) is 8.25. The Morgan fingerprint density at radius 1 is 1.12 bits per heavy atom. The van der Waals surface area contributed by atoms with Crippen LogP contribution in [0.2, 0.25) is 0 Å². The number of anilines is 1. The van der Waals surface area contributed by atoms with Crippen molar-refractivity contribution in [1.82, 2.24) is 25.0 Å². The molecule has 0 aliphatic heterocycles. The number of fused-ring (bicyclic) bond motifs is 1. The van der Waals surface area contributed by atoms with Crippen molar-refractivity contribution in [2.45, 2.75) is 0 Å². The van der Waals surface area contributed by atoms with Crippen LogP contribution in [0.3, 0.4) is 0 Å². The molecule has 1 aromatic carbocycles. The topological polar surface area (TPSA) is 82.5 Å². The second kappa shape index (κ2) is 3.51.